The average molecular weight is 435 g/mol. The lowest BCUT2D eigenvalue weighted by Crippen LogP contribution is -2.35. The minimum absolute atomic E-state index is 0.0308. The van der Waals surface area contributed by atoms with Gasteiger partial charge in [-0.1, -0.05) is 24.3 Å². The lowest BCUT2D eigenvalue weighted by atomic mass is 10.1. The molecule has 0 spiro atoms. The number of benzene rings is 2. The first-order chi connectivity index (χ1) is 14.9. The highest BCUT2D eigenvalue weighted by molar-refractivity contribution is 8.26. The topological polar surface area (TPSA) is 87.3 Å². The summed E-state index contributed by atoms with van der Waals surface area (Å²) in [5, 5.41) is 15.1. The van der Waals surface area contributed by atoms with Crippen LogP contribution in [0.5, 0.6) is 11.5 Å². The monoisotopic (exact) mass is 434 g/mol. The Morgan fingerprint density at radius 3 is 2.58 bits per heavy atom. The van der Waals surface area contributed by atoms with Gasteiger partial charge in [-0.25, -0.2) is 0 Å². The van der Waals surface area contributed by atoms with Crippen molar-refractivity contribution in [1.29, 1.82) is 5.41 Å². The van der Waals surface area contributed by atoms with Gasteiger partial charge < -0.3 is 9.47 Å². The summed E-state index contributed by atoms with van der Waals surface area (Å²) in [6.45, 7) is 6.72. The van der Waals surface area contributed by atoms with E-state index in [1.165, 1.54) is 16.8 Å². The van der Waals surface area contributed by atoms with Crippen molar-refractivity contribution in [1.82, 2.24) is 5.01 Å². The van der Waals surface area contributed by atoms with Gasteiger partial charge in [-0.05, 0) is 73.5 Å². The maximum Gasteiger partial charge on any atom is 0.283 e. The Morgan fingerprint density at radius 1 is 1.06 bits per heavy atom. The van der Waals surface area contributed by atoms with Gasteiger partial charge in [0.05, 0.1) is 10.6 Å². The fraction of sp³-hybridized carbons (Fsp3) is 0.217. The quantitative estimate of drug-likeness (QED) is 0.538. The third kappa shape index (κ3) is 4.69. The number of ether oxygens (including phenoxy) is 2. The summed E-state index contributed by atoms with van der Waals surface area (Å²) in [6, 6.07) is 13.4. The van der Waals surface area contributed by atoms with Crippen LogP contribution in [-0.4, -0.2) is 40.2 Å². The lowest BCUT2D eigenvalue weighted by molar-refractivity contribution is -0.114. The van der Waals surface area contributed by atoms with Crippen LogP contribution >= 0.6 is 11.8 Å². The normalized spacial score (nSPS) is 16.9. The fourth-order valence-corrected chi connectivity index (χ4v) is 3.82. The number of nitrogens with zero attached hydrogens (tertiary/aromatic N) is 3. The molecular formula is C23H22N4O3S. The van der Waals surface area contributed by atoms with Crippen molar-refractivity contribution in [2.75, 3.05) is 13.2 Å². The molecular weight excluding hydrogens is 412 g/mol. The van der Waals surface area contributed by atoms with Crippen molar-refractivity contribution in [2.45, 2.75) is 20.8 Å². The molecule has 0 aromatic heterocycles. The molecule has 2 aromatic rings. The van der Waals surface area contributed by atoms with Crippen LogP contribution in [0.2, 0.25) is 0 Å². The number of amides is 1. The van der Waals surface area contributed by atoms with E-state index in [-0.39, 0.29) is 11.4 Å². The van der Waals surface area contributed by atoms with Gasteiger partial charge in [-0.2, -0.15) is 15.1 Å². The maximum absolute atomic E-state index is 12.3. The van der Waals surface area contributed by atoms with Crippen LogP contribution in [0.4, 0.5) is 0 Å². The van der Waals surface area contributed by atoms with E-state index in [2.05, 4.69) is 16.2 Å². The minimum Gasteiger partial charge on any atom is -0.490 e. The first kappa shape index (κ1) is 20.9. The average Bonchev–Trinajstić information content (AvgIpc) is 3.12. The van der Waals surface area contributed by atoms with Gasteiger partial charge in [0.25, 0.3) is 5.91 Å². The molecule has 0 fully saturated rings. The Kier molecular flexibility index (Phi) is 5.90. The Bertz CT molecular complexity index is 1140. The molecule has 0 saturated carbocycles. The number of aliphatic imine (C=N–C) groups is 1. The summed E-state index contributed by atoms with van der Waals surface area (Å²) in [5.41, 5.74) is 3.23. The number of hydrazone groups is 1. The van der Waals surface area contributed by atoms with Crippen LogP contribution in [-0.2, 0) is 4.79 Å². The SMILES string of the molecule is CC1=NN2C(=N)/C(=C/c3ccc(OCCOc4cc(C)ccc4C)cc3)C(=O)N=C2S1. The highest BCUT2D eigenvalue weighted by atomic mass is 32.2. The van der Waals surface area contributed by atoms with Crippen LogP contribution in [0.15, 0.2) is 58.1 Å². The fourth-order valence-electron chi connectivity index (χ4n) is 3.09. The molecule has 0 aliphatic carbocycles. The molecule has 1 amide bonds. The van der Waals surface area contributed by atoms with Crippen LogP contribution < -0.4 is 9.47 Å². The largest absolute Gasteiger partial charge is 0.490 e. The Hall–Kier alpha value is -3.39. The van der Waals surface area contributed by atoms with E-state index >= 15 is 0 Å². The molecule has 0 bridgehead atoms. The number of fused-ring (bicyclic) bond motifs is 1. The maximum atomic E-state index is 12.3. The third-order valence-corrected chi connectivity index (χ3v) is 5.52. The predicted octanol–water partition coefficient (Wildman–Crippen LogP) is 4.40. The van der Waals surface area contributed by atoms with E-state index in [1.807, 2.05) is 57.2 Å². The highest BCUT2D eigenvalue weighted by Gasteiger charge is 2.34. The molecule has 31 heavy (non-hydrogen) atoms. The molecule has 2 aromatic carbocycles. The zero-order valence-corrected chi connectivity index (χ0v) is 18.3. The molecule has 8 heteroatoms. The molecule has 4 rings (SSSR count). The number of carbonyl (C=O) groups is 1. The van der Waals surface area contributed by atoms with E-state index in [1.54, 1.807) is 6.08 Å². The van der Waals surface area contributed by atoms with Gasteiger partial charge >= 0.3 is 0 Å². The van der Waals surface area contributed by atoms with E-state index in [4.69, 9.17) is 14.9 Å². The first-order valence-corrected chi connectivity index (χ1v) is 10.6. The Morgan fingerprint density at radius 2 is 1.81 bits per heavy atom. The van der Waals surface area contributed by atoms with Crippen LogP contribution in [0, 0.1) is 19.3 Å². The van der Waals surface area contributed by atoms with Crippen molar-refractivity contribution >= 4 is 39.8 Å². The molecule has 2 aliphatic rings. The molecule has 1 N–H and O–H groups in total. The summed E-state index contributed by atoms with van der Waals surface area (Å²) < 4.78 is 11.6. The highest BCUT2D eigenvalue weighted by Crippen LogP contribution is 2.28. The number of hydrogen-bond donors (Lipinski definition) is 1. The molecule has 7 nitrogen and oxygen atoms in total. The molecule has 0 saturated heterocycles. The van der Waals surface area contributed by atoms with Crippen molar-refractivity contribution in [3.05, 3.63) is 64.7 Å². The molecule has 0 atom stereocenters. The zero-order valence-electron chi connectivity index (χ0n) is 17.5. The second-order valence-corrected chi connectivity index (χ2v) is 8.33. The smallest absolute Gasteiger partial charge is 0.283 e. The molecule has 2 aliphatic heterocycles. The third-order valence-electron chi connectivity index (χ3n) is 4.70. The summed E-state index contributed by atoms with van der Waals surface area (Å²) in [6.07, 6.45) is 1.65. The second kappa shape index (κ2) is 8.77. The van der Waals surface area contributed by atoms with E-state index in [0.29, 0.717) is 24.1 Å². The number of thioether (sulfide) groups is 1. The summed E-state index contributed by atoms with van der Waals surface area (Å²) in [4.78, 5) is 16.4. The van der Waals surface area contributed by atoms with Gasteiger partial charge in [-0.15, -0.1) is 0 Å². The number of amidine groups is 2. The summed E-state index contributed by atoms with van der Waals surface area (Å²) in [5.74, 6) is 1.17. The number of hydrogen-bond acceptors (Lipinski definition) is 6. The zero-order chi connectivity index (χ0) is 22.0. The first-order valence-electron chi connectivity index (χ1n) is 9.80. The lowest BCUT2D eigenvalue weighted by Gasteiger charge is -2.20. The van der Waals surface area contributed by atoms with Gasteiger partial charge in [0.15, 0.2) is 5.84 Å². The van der Waals surface area contributed by atoms with Crippen molar-refractivity contribution in [3.8, 4) is 11.5 Å². The summed E-state index contributed by atoms with van der Waals surface area (Å²) >= 11 is 1.29. The van der Waals surface area contributed by atoms with Gasteiger partial charge in [0.2, 0.25) is 5.17 Å². The minimum atomic E-state index is -0.433. The Labute approximate surface area is 185 Å². The molecule has 2 heterocycles. The Balaban J connectivity index is 1.36. The van der Waals surface area contributed by atoms with E-state index in [9.17, 15) is 4.79 Å². The van der Waals surface area contributed by atoms with E-state index < -0.39 is 5.91 Å². The van der Waals surface area contributed by atoms with E-state index in [0.717, 1.165) is 27.5 Å². The van der Waals surface area contributed by atoms with Gasteiger partial charge in [0, 0.05) is 0 Å². The van der Waals surface area contributed by atoms with Crippen molar-refractivity contribution < 1.29 is 14.3 Å². The molecule has 158 valence electrons. The molecule has 0 radical (unpaired) electrons. The van der Waals surface area contributed by atoms with Crippen molar-refractivity contribution in [2.24, 2.45) is 10.1 Å². The number of aryl methyl sites for hydroxylation is 2. The predicted molar refractivity (Wildman–Crippen MR) is 124 cm³/mol. The van der Waals surface area contributed by atoms with Crippen molar-refractivity contribution in [3.63, 3.8) is 0 Å². The van der Waals surface area contributed by atoms with Crippen LogP contribution in [0.3, 0.4) is 0 Å². The number of rotatable bonds is 6. The van der Waals surface area contributed by atoms with Crippen LogP contribution in [0.1, 0.15) is 23.6 Å². The number of nitrogens with one attached hydrogen (secondary N) is 1. The van der Waals surface area contributed by atoms with Gasteiger partial charge in [-0.3, -0.25) is 10.2 Å². The standard InChI is InChI=1S/C23H22N4O3S/c1-14-4-5-15(2)20(12-14)30-11-10-29-18-8-6-17(7-9-18)13-19-21(24)27-23(25-22(19)28)31-16(3)26-27/h4-9,12-13,24H,10-11H2,1-3H3/b19-13-,24-21?. The second-order valence-electron chi connectivity index (χ2n) is 7.17. The molecule has 0 unspecified atom stereocenters. The van der Waals surface area contributed by atoms with Gasteiger partial charge in [0.1, 0.15) is 24.7 Å². The number of carbonyl (C=O) groups excluding carboxylic acids is 1. The summed E-state index contributed by atoms with van der Waals surface area (Å²) in [7, 11) is 0. The van der Waals surface area contributed by atoms with Crippen LogP contribution in [0.25, 0.3) is 6.08 Å².